The van der Waals surface area contributed by atoms with Gasteiger partial charge < -0.3 is 15.7 Å². The number of aliphatic carboxylic acids is 1. The van der Waals surface area contributed by atoms with Gasteiger partial charge in [-0.15, -0.1) is 0 Å². The van der Waals surface area contributed by atoms with Crippen molar-refractivity contribution >= 4 is 17.4 Å². The third-order valence-electron chi connectivity index (χ3n) is 5.01. The molecule has 7 nitrogen and oxygen atoms in total. The molecule has 0 radical (unpaired) electrons. The summed E-state index contributed by atoms with van der Waals surface area (Å²) in [6, 6.07) is 12.5. The SMILES string of the molecule is CC(=O)c1ccc(N2CCN(Cc3cccc(CC(N)C(=O)O)n3)CC2)cc1. The third-order valence-corrected chi connectivity index (χ3v) is 5.01. The van der Waals surface area contributed by atoms with Crippen LogP contribution in [0.1, 0.15) is 28.7 Å². The number of carbonyl (C=O) groups is 2. The zero-order valence-electron chi connectivity index (χ0n) is 16.0. The van der Waals surface area contributed by atoms with Crippen LogP contribution in [-0.2, 0) is 17.8 Å². The number of rotatable bonds is 7. The van der Waals surface area contributed by atoms with Gasteiger partial charge in [-0.1, -0.05) is 6.07 Å². The lowest BCUT2D eigenvalue weighted by atomic mass is 10.1. The summed E-state index contributed by atoms with van der Waals surface area (Å²) >= 11 is 0. The first kappa shape index (κ1) is 20.0. The van der Waals surface area contributed by atoms with E-state index in [1.807, 2.05) is 42.5 Å². The van der Waals surface area contributed by atoms with Gasteiger partial charge in [0.15, 0.2) is 5.78 Å². The van der Waals surface area contributed by atoms with Crippen molar-refractivity contribution in [3.8, 4) is 0 Å². The first-order valence-corrected chi connectivity index (χ1v) is 9.44. The van der Waals surface area contributed by atoms with E-state index in [0.717, 1.165) is 49.7 Å². The maximum atomic E-state index is 11.4. The Kier molecular flexibility index (Phi) is 6.38. The molecule has 1 aliphatic rings. The topological polar surface area (TPSA) is 99.8 Å². The summed E-state index contributed by atoms with van der Waals surface area (Å²) in [6.45, 7) is 5.94. The van der Waals surface area contributed by atoms with Gasteiger partial charge in [0.1, 0.15) is 6.04 Å². The standard InChI is InChI=1S/C21H26N4O3/c1-15(26)16-5-7-19(8-6-16)25-11-9-24(10-12-25)14-18-4-2-3-17(23-18)13-20(22)21(27)28/h2-8,20H,9-14,22H2,1H3,(H,27,28). The second-order valence-electron chi connectivity index (χ2n) is 7.14. The Morgan fingerprint density at radius 3 is 2.32 bits per heavy atom. The summed E-state index contributed by atoms with van der Waals surface area (Å²) in [6.07, 6.45) is 0.229. The van der Waals surface area contributed by atoms with E-state index >= 15 is 0 Å². The zero-order valence-corrected chi connectivity index (χ0v) is 16.0. The molecule has 3 N–H and O–H groups in total. The Balaban J connectivity index is 1.54. The van der Waals surface area contributed by atoms with Crippen molar-refractivity contribution in [1.29, 1.82) is 0 Å². The second-order valence-corrected chi connectivity index (χ2v) is 7.14. The van der Waals surface area contributed by atoms with E-state index in [9.17, 15) is 9.59 Å². The van der Waals surface area contributed by atoms with E-state index in [1.54, 1.807) is 6.92 Å². The molecule has 1 fully saturated rings. The molecule has 148 valence electrons. The van der Waals surface area contributed by atoms with Crippen LogP contribution in [0.5, 0.6) is 0 Å². The number of nitrogens with two attached hydrogens (primary N) is 1. The van der Waals surface area contributed by atoms with Crippen molar-refractivity contribution in [2.45, 2.75) is 25.9 Å². The minimum absolute atomic E-state index is 0.0791. The number of anilines is 1. The first-order valence-electron chi connectivity index (χ1n) is 9.44. The molecule has 2 heterocycles. The van der Waals surface area contributed by atoms with Gasteiger partial charge in [0.25, 0.3) is 0 Å². The number of carboxylic acid groups (broad SMARTS) is 1. The van der Waals surface area contributed by atoms with Crippen LogP contribution in [0.15, 0.2) is 42.5 Å². The van der Waals surface area contributed by atoms with E-state index in [4.69, 9.17) is 10.8 Å². The summed E-state index contributed by atoms with van der Waals surface area (Å²) < 4.78 is 0. The highest BCUT2D eigenvalue weighted by atomic mass is 16.4. The number of aromatic nitrogens is 1. The number of ketones is 1. The smallest absolute Gasteiger partial charge is 0.320 e. The van der Waals surface area contributed by atoms with Gasteiger partial charge in [-0.05, 0) is 43.3 Å². The Hall–Kier alpha value is -2.77. The van der Waals surface area contributed by atoms with Gasteiger partial charge in [-0.3, -0.25) is 19.5 Å². The summed E-state index contributed by atoms with van der Waals surface area (Å²) in [4.78, 5) is 31.5. The molecule has 1 unspecified atom stereocenters. The lowest BCUT2D eigenvalue weighted by Gasteiger charge is -2.36. The highest BCUT2D eigenvalue weighted by Crippen LogP contribution is 2.18. The number of hydrogen-bond acceptors (Lipinski definition) is 6. The van der Waals surface area contributed by atoms with Gasteiger partial charge in [-0.25, -0.2) is 0 Å². The molecular formula is C21H26N4O3. The molecule has 28 heavy (non-hydrogen) atoms. The number of hydrogen-bond donors (Lipinski definition) is 2. The van der Waals surface area contributed by atoms with E-state index in [-0.39, 0.29) is 12.2 Å². The molecule has 3 rings (SSSR count). The molecule has 0 bridgehead atoms. The Morgan fingerprint density at radius 2 is 1.71 bits per heavy atom. The monoisotopic (exact) mass is 382 g/mol. The summed E-state index contributed by atoms with van der Waals surface area (Å²) in [5, 5.41) is 8.95. The number of nitrogens with zero attached hydrogens (tertiary/aromatic N) is 3. The molecule has 2 aromatic rings. The number of carboxylic acids is 1. The quantitative estimate of drug-likeness (QED) is 0.701. The number of Topliss-reactive ketones (excluding diaryl/α,β-unsaturated/α-hetero) is 1. The predicted octanol–water partition coefficient (Wildman–Crippen LogP) is 1.56. The van der Waals surface area contributed by atoms with Crippen molar-refractivity contribution < 1.29 is 14.7 Å². The maximum Gasteiger partial charge on any atom is 0.320 e. The molecule has 7 heteroatoms. The lowest BCUT2D eigenvalue weighted by molar-refractivity contribution is -0.138. The van der Waals surface area contributed by atoms with E-state index in [1.165, 1.54) is 0 Å². The van der Waals surface area contributed by atoms with Crippen LogP contribution < -0.4 is 10.6 Å². The van der Waals surface area contributed by atoms with Crippen molar-refractivity contribution in [2.24, 2.45) is 5.73 Å². The summed E-state index contributed by atoms with van der Waals surface area (Å²) in [5.41, 5.74) is 9.10. The second kappa shape index (κ2) is 8.95. The molecule has 1 aromatic heterocycles. The molecule has 1 aliphatic heterocycles. The Bertz CT molecular complexity index is 830. The Labute approximate surface area is 164 Å². The van der Waals surface area contributed by atoms with Gasteiger partial charge in [0.05, 0.1) is 5.69 Å². The normalized spacial score (nSPS) is 16.0. The van der Waals surface area contributed by atoms with Crippen molar-refractivity contribution in [2.75, 3.05) is 31.1 Å². The molecule has 1 atom stereocenters. The fourth-order valence-electron chi connectivity index (χ4n) is 3.34. The van der Waals surface area contributed by atoms with Gasteiger partial charge in [0.2, 0.25) is 0 Å². The number of carbonyl (C=O) groups excluding carboxylic acids is 1. The molecule has 1 saturated heterocycles. The van der Waals surface area contributed by atoms with Crippen LogP contribution in [0.25, 0.3) is 0 Å². The third kappa shape index (κ3) is 5.15. The molecule has 1 aromatic carbocycles. The van der Waals surface area contributed by atoms with Crippen molar-refractivity contribution in [3.63, 3.8) is 0 Å². The van der Waals surface area contributed by atoms with Gasteiger partial charge in [0, 0.05) is 56.1 Å². The molecule has 0 saturated carbocycles. The summed E-state index contributed by atoms with van der Waals surface area (Å²) in [5.74, 6) is -0.935. The van der Waals surface area contributed by atoms with Crippen LogP contribution in [0.4, 0.5) is 5.69 Å². The molecule has 0 amide bonds. The van der Waals surface area contributed by atoms with Crippen molar-refractivity contribution in [1.82, 2.24) is 9.88 Å². The average molecular weight is 382 g/mol. The minimum Gasteiger partial charge on any atom is -0.480 e. The van der Waals surface area contributed by atoms with Crippen LogP contribution in [0.2, 0.25) is 0 Å². The first-order chi connectivity index (χ1) is 13.4. The lowest BCUT2D eigenvalue weighted by Crippen LogP contribution is -2.46. The van der Waals surface area contributed by atoms with E-state index in [0.29, 0.717) is 5.69 Å². The number of pyridine rings is 1. The highest BCUT2D eigenvalue weighted by molar-refractivity contribution is 5.94. The molecule has 0 spiro atoms. The average Bonchev–Trinajstić information content (AvgIpc) is 2.69. The van der Waals surface area contributed by atoms with E-state index < -0.39 is 12.0 Å². The predicted molar refractivity (Wildman–Crippen MR) is 107 cm³/mol. The van der Waals surface area contributed by atoms with E-state index in [2.05, 4.69) is 14.8 Å². The van der Waals surface area contributed by atoms with Crippen molar-refractivity contribution in [3.05, 3.63) is 59.4 Å². The fourth-order valence-corrected chi connectivity index (χ4v) is 3.34. The van der Waals surface area contributed by atoms with Gasteiger partial charge >= 0.3 is 5.97 Å². The largest absolute Gasteiger partial charge is 0.480 e. The molecular weight excluding hydrogens is 356 g/mol. The molecule has 0 aliphatic carbocycles. The van der Waals surface area contributed by atoms with Crippen LogP contribution >= 0.6 is 0 Å². The maximum absolute atomic E-state index is 11.4. The number of piperazine rings is 1. The number of benzene rings is 1. The highest BCUT2D eigenvalue weighted by Gasteiger charge is 2.18. The zero-order chi connectivity index (χ0) is 20.1. The van der Waals surface area contributed by atoms with Gasteiger partial charge in [-0.2, -0.15) is 0 Å². The van der Waals surface area contributed by atoms with Crippen LogP contribution in [0, 0.1) is 0 Å². The fraction of sp³-hybridized carbons (Fsp3) is 0.381. The Morgan fingerprint density at radius 1 is 1.07 bits per heavy atom. The summed E-state index contributed by atoms with van der Waals surface area (Å²) in [7, 11) is 0. The van der Waals surface area contributed by atoms with Crippen LogP contribution in [0.3, 0.4) is 0 Å². The van der Waals surface area contributed by atoms with Crippen LogP contribution in [-0.4, -0.2) is 59.0 Å². The minimum atomic E-state index is -1.01.